The summed E-state index contributed by atoms with van der Waals surface area (Å²) in [6, 6.07) is 10.2. The van der Waals surface area contributed by atoms with Gasteiger partial charge in [0.1, 0.15) is 0 Å². The van der Waals surface area contributed by atoms with Gasteiger partial charge in [0.05, 0.1) is 13.2 Å². The predicted octanol–water partition coefficient (Wildman–Crippen LogP) is 0.485. The molecule has 0 aliphatic carbocycles. The summed E-state index contributed by atoms with van der Waals surface area (Å²) < 4.78 is 0. The highest BCUT2D eigenvalue weighted by Gasteiger charge is 2.15. The number of hydrogen-bond acceptors (Lipinski definition) is 4. The van der Waals surface area contributed by atoms with Gasteiger partial charge in [-0.15, -0.1) is 0 Å². The van der Waals surface area contributed by atoms with E-state index in [1.165, 1.54) is 12.5 Å². The lowest BCUT2D eigenvalue weighted by molar-refractivity contribution is -0.122. The third-order valence-electron chi connectivity index (χ3n) is 3.25. The molecule has 0 bridgehead atoms. The minimum atomic E-state index is -0.0896. The van der Waals surface area contributed by atoms with Gasteiger partial charge in [0.2, 0.25) is 11.8 Å². The second-order valence-corrected chi connectivity index (χ2v) is 5.25. The molecule has 2 rings (SSSR count). The number of hydrogen-bond donors (Lipinski definition) is 2. The normalized spacial score (nSPS) is 13.3. The highest BCUT2D eigenvalue weighted by atomic mass is 16.2. The second kappa shape index (κ2) is 8.07. The van der Waals surface area contributed by atoms with Crippen LogP contribution in [-0.2, 0) is 16.1 Å². The molecule has 2 amide bonds. The van der Waals surface area contributed by atoms with Gasteiger partial charge in [0.15, 0.2) is 0 Å². The zero-order valence-corrected chi connectivity index (χ0v) is 12.8. The summed E-state index contributed by atoms with van der Waals surface area (Å²) in [5.74, 6) is -0.134. The summed E-state index contributed by atoms with van der Waals surface area (Å²) in [5.41, 5.74) is 1.24. The van der Waals surface area contributed by atoms with Gasteiger partial charge in [0, 0.05) is 39.0 Å². The fourth-order valence-corrected chi connectivity index (χ4v) is 2.22. The molecule has 22 heavy (non-hydrogen) atoms. The first-order valence-electron chi connectivity index (χ1n) is 7.35. The van der Waals surface area contributed by atoms with E-state index in [1.54, 1.807) is 0 Å². The van der Waals surface area contributed by atoms with Gasteiger partial charge in [-0.2, -0.15) is 0 Å². The Morgan fingerprint density at radius 3 is 2.45 bits per heavy atom. The molecule has 1 aromatic rings. The Morgan fingerprint density at radius 1 is 1.05 bits per heavy atom. The average Bonchev–Trinajstić information content (AvgIpc) is 2.91. The number of nitrogens with zero attached hydrogens (tertiary/aromatic N) is 2. The van der Waals surface area contributed by atoms with Crippen molar-refractivity contribution in [3.63, 3.8) is 0 Å². The van der Waals surface area contributed by atoms with Gasteiger partial charge in [0.25, 0.3) is 0 Å². The van der Waals surface area contributed by atoms with Crippen LogP contribution in [-0.4, -0.2) is 47.9 Å². The van der Waals surface area contributed by atoms with E-state index in [0.29, 0.717) is 26.3 Å². The average molecular weight is 302 g/mol. The minimum absolute atomic E-state index is 0.0448. The van der Waals surface area contributed by atoms with Crippen LogP contribution in [0.4, 0.5) is 0 Å². The van der Waals surface area contributed by atoms with Crippen LogP contribution in [0.5, 0.6) is 0 Å². The molecule has 1 aliphatic heterocycles. The molecule has 0 atom stereocenters. The summed E-state index contributed by atoms with van der Waals surface area (Å²) in [7, 11) is 0. The number of carbonyl (C=O) groups is 2. The molecule has 0 saturated heterocycles. The van der Waals surface area contributed by atoms with Crippen molar-refractivity contribution in [1.29, 1.82) is 0 Å². The van der Waals surface area contributed by atoms with Crippen LogP contribution in [0.25, 0.3) is 0 Å². The van der Waals surface area contributed by atoms with Gasteiger partial charge < -0.3 is 20.4 Å². The Labute approximate surface area is 130 Å². The number of benzene rings is 1. The van der Waals surface area contributed by atoms with Gasteiger partial charge >= 0.3 is 0 Å². The van der Waals surface area contributed by atoms with E-state index in [2.05, 4.69) is 27.7 Å². The Bertz CT molecular complexity index is 530. The predicted molar refractivity (Wildman–Crippen MR) is 84.4 cm³/mol. The van der Waals surface area contributed by atoms with E-state index in [0.717, 1.165) is 6.54 Å². The smallest absolute Gasteiger partial charge is 0.239 e. The van der Waals surface area contributed by atoms with E-state index in [9.17, 15) is 9.59 Å². The van der Waals surface area contributed by atoms with Crippen molar-refractivity contribution in [3.8, 4) is 0 Å². The van der Waals surface area contributed by atoms with E-state index in [1.807, 2.05) is 35.5 Å². The first kappa shape index (κ1) is 15.9. The molecule has 0 aromatic heterocycles. The Kier molecular flexibility index (Phi) is 5.82. The van der Waals surface area contributed by atoms with Crippen LogP contribution in [0.15, 0.2) is 42.7 Å². The molecule has 0 radical (unpaired) electrons. The van der Waals surface area contributed by atoms with Crippen LogP contribution in [0, 0.1) is 0 Å². The van der Waals surface area contributed by atoms with Crippen molar-refractivity contribution in [1.82, 2.24) is 20.4 Å². The van der Waals surface area contributed by atoms with Gasteiger partial charge in [-0.25, -0.2) is 0 Å². The molecule has 0 fully saturated rings. The fourth-order valence-electron chi connectivity index (χ4n) is 2.22. The monoisotopic (exact) mass is 302 g/mol. The molecule has 1 heterocycles. The SMILES string of the molecule is CC(=O)NCCNC(=O)CN1C=CN(Cc2ccccc2)C1. The summed E-state index contributed by atoms with van der Waals surface area (Å²) >= 11 is 0. The van der Waals surface area contributed by atoms with Crippen molar-refractivity contribution in [2.75, 3.05) is 26.3 Å². The van der Waals surface area contributed by atoms with Crippen molar-refractivity contribution in [2.24, 2.45) is 0 Å². The molecule has 0 spiro atoms. The van der Waals surface area contributed by atoms with Gasteiger partial charge in [-0.05, 0) is 5.56 Å². The molecule has 2 N–H and O–H groups in total. The largest absolute Gasteiger partial charge is 0.355 e. The van der Waals surface area contributed by atoms with Crippen molar-refractivity contribution in [3.05, 3.63) is 48.3 Å². The maximum Gasteiger partial charge on any atom is 0.239 e. The second-order valence-electron chi connectivity index (χ2n) is 5.25. The third kappa shape index (κ3) is 5.47. The molecular formula is C16H22N4O2. The van der Waals surface area contributed by atoms with Crippen LogP contribution in [0.1, 0.15) is 12.5 Å². The first-order chi connectivity index (χ1) is 10.6. The molecular weight excluding hydrogens is 280 g/mol. The van der Waals surface area contributed by atoms with Gasteiger partial charge in [-0.1, -0.05) is 30.3 Å². The van der Waals surface area contributed by atoms with Crippen LogP contribution >= 0.6 is 0 Å². The maximum absolute atomic E-state index is 11.8. The minimum Gasteiger partial charge on any atom is -0.355 e. The molecule has 1 aromatic carbocycles. The first-order valence-corrected chi connectivity index (χ1v) is 7.35. The van der Waals surface area contributed by atoms with E-state index < -0.39 is 0 Å². The zero-order chi connectivity index (χ0) is 15.8. The van der Waals surface area contributed by atoms with Gasteiger partial charge in [-0.3, -0.25) is 9.59 Å². The number of rotatable bonds is 7. The molecule has 1 aliphatic rings. The molecule has 6 nitrogen and oxygen atoms in total. The van der Waals surface area contributed by atoms with E-state index in [4.69, 9.17) is 0 Å². The highest BCUT2D eigenvalue weighted by molar-refractivity contribution is 5.78. The number of amides is 2. The lowest BCUT2D eigenvalue weighted by atomic mass is 10.2. The Morgan fingerprint density at radius 2 is 1.73 bits per heavy atom. The van der Waals surface area contributed by atoms with E-state index >= 15 is 0 Å². The Balaban J connectivity index is 1.65. The molecule has 0 saturated carbocycles. The quantitative estimate of drug-likeness (QED) is 0.719. The van der Waals surface area contributed by atoms with Crippen molar-refractivity contribution >= 4 is 11.8 Å². The summed E-state index contributed by atoms with van der Waals surface area (Å²) in [5, 5.41) is 5.42. The topological polar surface area (TPSA) is 64.7 Å². The Hall–Kier alpha value is -2.50. The standard InChI is InChI=1S/C16H22N4O2/c1-14(21)17-7-8-18-16(22)12-20-10-9-19(13-20)11-15-5-3-2-4-6-15/h2-6,9-10H,7-8,11-13H2,1H3,(H,17,21)(H,18,22). The maximum atomic E-state index is 11.8. The zero-order valence-electron chi connectivity index (χ0n) is 12.8. The highest BCUT2D eigenvalue weighted by Crippen LogP contribution is 2.11. The van der Waals surface area contributed by atoms with Crippen LogP contribution in [0.3, 0.4) is 0 Å². The summed E-state index contributed by atoms with van der Waals surface area (Å²) in [6.45, 7) is 4.22. The summed E-state index contributed by atoms with van der Waals surface area (Å²) in [4.78, 5) is 26.6. The van der Waals surface area contributed by atoms with Crippen molar-refractivity contribution in [2.45, 2.75) is 13.5 Å². The van der Waals surface area contributed by atoms with Crippen molar-refractivity contribution < 1.29 is 9.59 Å². The summed E-state index contributed by atoms with van der Waals surface area (Å²) in [6.07, 6.45) is 3.92. The third-order valence-corrected chi connectivity index (χ3v) is 3.25. The lowest BCUT2D eigenvalue weighted by Crippen LogP contribution is -2.39. The van der Waals surface area contributed by atoms with Crippen LogP contribution in [0.2, 0.25) is 0 Å². The molecule has 118 valence electrons. The van der Waals surface area contributed by atoms with Crippen LogP contribution < -0.4 is 10.6 Å². The molecule has 6 heteroatoms. The number of nitrogens with one attached hydrogen (secondary N) is 2. The lowest BCUT2D eigenvalue weighted by Gasteiger charge is -2.21. The van der Waals surface area contributed by atoms with E-state index in [-0.39, 0.29) is 11.8 Å². The fraction of sp³-hybridized carbons (Fsp3) is 0.375. The number of carbonyl (C=O) groups excluding carboxylic acids is 2. The molecule has 0 unspecified atom stereocenters.